The van der Waals surface area contributed by atoms with Crippen LogP contribution < -0.4 is 0 Å². The highest BCUT2D eigenvalue weighted by molar-refractivity contribution is 5.84. The van der Waals surface area contributed by atoms with E-state index in [-0.39, 0.29) is 5.76 Å². The lowest BCUT2D eigenvalue weighted by Gasteiger charge is -2.26. The summed E-state index contributed by atoms with van der Waals surface area (Å²) < 4.78 is 0. The van der Waals surface area contributed by atoms with E-state index in [9.17, 15) is 0 Å². The maximum atomic E-state index is 9.12. The maximum absolute atomic E-state index is 9.12. The number of aliphatic hydroxyl groups is 1. The third-order valence-corrected chi connectivity index (χ3v) is 2.61. The summed E-state index contributed by atoms with van der Waals surface area (Å²) in [7, 11) is 0. The Hall–Kier alpha value is -1.58. The average Bonchev–Trinajstić information content (AvgIpc) is 2.30. The van der Waals surface area contributed by atoms with Crippen molar-refractivity contribution >= 4 is 12.7 Å². The largest absolute Gasteiger partial charge is 0.508 e. The minimum absolute atomic E-state index is 0.0332. The lowest BCUT2D eigenvalue weighted by atomic mass is 10.1. The molecule has 1 rings (SSSR count). The van der Waals surface area contributed by atoms with E-state index in [1.54, 1.807) is 13.1 Å². The molecule has 0 aromatic heterocycles. The number of allylic oxidation sites excluding steroid dienone is 1. The molecule has 0 aromatic rings. The minimum atomic E-state index is 0.0332. The first-order valence-electron chi connectivity index (χ1n) is 5.49. The molecule has 0 amide bonds. The molecule has 0 spiro atoms. The third kappa shape index (κ3) is 3.53. The van der Waals surface area contributed by atoms with E-state index >= 15 is 0 Å². The number of aliphatic imine (C=N–C) groups is 2. The molecule has 0 radical (unpaired) electrons. The maximum Gasteiger partial charge on any atom is 0.224 e. The van der Waals surface area contributed by atoms with Crippen molar-refractivity contribution in [1.82, 2.24) is 4.90 Å². The molecule has 1 saturated heterocycles. The highest BCUT2D eigenvalue weighted by atomic mass is 16.3. The summed E-state index contributed by atoms with van der Waals surface area (Å²) in [6.07, 6.45) is 5.18. The number of rotatable bonds is 2. The smallest absolute Gasteiger partial charge is 0.224 e. The normalized spacial score (nSPS) is 18.4. The average molecular weight is 221 g/mol. The van der Waals surface area contributed by atoms with E-state index < -0.39 is 0 Å². The molecule has 88 valence electrons. The van der Waals surface area contributed by atoms with Crippen molar-refractivity contribution in [2.75, 3.05) is 13.1 Å². The summed E-state index contributed by atoms with van der Waals surface area (Å²) in [6.45, 7) is 10.7. The highest BCUT2D eigenvalue weighted by Crippen LogP contribution is 2.10. The molecule has 1 aliphatic heterocycles. The Morgan fingerprint density at radius 1 is 1.31 bits per heavy atom. The number of likely N-dealkylation sites (tertiary alicyclic amines) is 1. The van der Waals surface area contributed by atoms with Crippen LogP contribution in [0.5, 0.6) is 0 Å². The second-order valence-electron chi connectivity index (χ2n) is 3.89. The van der Waals surface area contributed by atoms with E-state index in [1.165, 1.54) is 19.3 Å². The van der Waals surface area contributed by atoms with Crippen molar-refractivity contribution in [1.29, 1.82) is 0 Å². The van der Waals surface area contributed by atoms with Crippen LogP contribution in [-0.2, 0) is 0 Å². The van der Waals surface area contributed by atoms with Crippen molar-refractivity contribution < 1.29 is 5.11 Å². The molecule has 0 atom stereocenters. The Kier molecular flexibility index (Phi) is 4.76. The highest BCUT2D eigenvalue weighted by Gasteiger charge is 2.12. The first-order chi connectivity index (χ1) is 7.65. The number of guanidine groups is 1. The van der Waals surface area contributed by atoms with Crippen LogP contribution in [0.25, 0.3) is 0 Å². The molecule has 4 nitrogen and oxygen atoms in total. The number of nitrogens with zero attached hydrogens (tertiary/aromatic N) is 3. The molecule has 0 aliphatic carbocycles. The molecule has 0 aromatic carbocycles. The molecule has 4 heteroatoms. The van der Waals surface area contributed by atoms with Gasteiger partial charge in [0.15, 0.2) is 0 Å². The van der Waals surface area contributed by atoms with Gasteiger partial charge in [0.2, 0.25) is 5.96 Å². The minimum Gasteiger partial charge on any atom is -0.508 e. The van der Waals surface area contributed by atoms with Gasteiger partial charge in [-0.3, -0.25) is 0 Å². The lowest BCUT2D eigenvalue weighted by molar-refractivity contribution is 0.339. The summed E-state index contributed by atoms with van der Waals surface area (Å²) in [5, 5.41) is 9.12. The van der Waals surface area contributed by atoms with Gasteiger partial charge in [-0.05, 0) is 32.9 Å². The van der Waals surface area contributed by atoms with Crippen molar-refractivity contribution in [3.05, 3.63) is 24.1 Å². The van der Waals surface area contributed by atoms with Crippen molar-refractivity contribution in [2.45, 2.75) is 26.2 Å². The van der Waals surface area contributed by atoms with E-state index in [2.05, 4.69) is 28.2 Å². The van der Waals surface area contributed by atoms with Crippen LogP contribution in [0, 0.1) is 0 Å². The fourth-order valence-corrected chi connectivity index (χ4v) is 1.55. The molecule has 1 heterocycles. The molecular weight excluding hydrogens is 202 g/mol. The summed E-state index contributed by atoms with van der Waals surface area (Å²) in [5.74, 6) is 0.658. The van der Waals surface area contributed by atoms with E-state index in [4.69, 9.17) is 5.11 Å². The van der Waals surface area contributed by atoms with Crippen LogP contribution >= 0.6 is 0 Å². The Balaban J connectivity index is 2.72. The predicted octanol–water partition coefficient (Wildman–Crippen LogP) is 2.50. The van der Waals surface area contributed by atoms with Crippen LogP contribution in [0.1, 0.15) is 26.2 Å². The topological polar surface area (TPSA) is 48.2 Å². The molecule has 0 saturated carbocycles. The van der Waals surface area contributed by atoms with E-state index in [0.717, 1.165) is 13.1 Å². The number of piperidine rings is 1. The van der Waals surface area contributed by atoms with Crippen LogP contribution in [0.15, 0.2) is 34.1 Å². The van der Waals surface area contributed by atoms with Gasteiger partial charge in [0.25, 0.3) is 0 Å². The standard InChI is InChI=1S/C12H19N3O/c1-10(11(2)16)9-14-12(13-3)15-7-5-4-6-8-15/h9,16H,2-8H2,1H3/b10-9+,14-12+. The van der Waals surface area contributed by atoms with Crippen LogP contribution in [-0.4, -0.2) is 35.8 Å². The van der Waals surface area contributed by atoms with Gasteiger partial charge in [0.1, 0.15) is 5.76 Å². The van der Waals surface area contributed by atoms with Crippen molar-refractivity contribution in [3.63, 3.8) is 0 Å². The summed E-state index contributed by atoms with van der Waals surface area (Å²) >= 11 is 0. The quantitative estimate of drug-likeness (QED) is 0.337. The summed E-state index contributed by atoms with van der Waals surface area (Å²) in [4.78, 5) is 10.2. The number of aliphatic hydroxyl groups excluding tert-OH is 1. The Labute approximate surface area is 96.7 Å². The predicted molar refractivity (Wildman–Crippen MR) is 67.9 cm³/mol. The van der Waals surface area contributed by atoms with Crippen LogP contribution in [0.2, 0.25) is 0 Å². The van der Waals surface area contributed by atoms with Gasteiger partial charge < -0.3 is 10.0 Å². The fraction of sp³-hybridized carbons (Fsp3) is 0.500. The molecule has 1 N–H and O–H groups in total. The first-order valence-corrected chi connectivity index (χ1v) is 5.49. The first kappa shape index (κ1) is 12.5. The monoisotopic (exact) mass is 221 g/mol. The Morgan fingerprint density at radius 3 is 2.44 bits per heavy atom. The molecule has 1 aliphatic rings. The number of hydrogen-bond donors (Lipinski definition) is 1. The molecular formula is C12H19N3O. The SMILES string of the molecule is C=N/C(=N\C=C(/C)C(=C)O)N1CCCCC1. The van der Waals surface area contributed by atoms with E-state index in [0.29, 0.717) is 11.5 Å². The van der Waals surface area contributed by atoms with Gasteiger partial charge in [0, 0.05) is 24.9 Å². The Bertz CT molecular complexity index is 325. The van der Waals surface area contributed by atoms with Gasteiger partial charge >= 0.3 is 0 Å². The van der Waals surface area contributed by atoms with Gasteiger partial charge in [0.05, 0.1) is 0 Å². The number of hydrogen-bond acceptors (Lipinski definition) is 2. The molecule has 16 heavy (non-hydrogen) atoms. The molecule has 0 unspecified atom stereocenters. The third-order valence-electron chi connectivity index (χ3n) is 2.61. The zero-order chi connectivity index (χ0) is 12.0. The van der Waals surface area contributed by atoms with Gasteiger partial charge in [-0.25, -0.2) is 9.98 Å². The van der Waals surface area contributed by atoms with Crippen molar-refractivity contribution in [3.8, 4) is 0 Å². The Morgan fingerprint density at radius 2 is 1.94 bits per heavy atom. The molecule has 1 fully saturated rings. The fourth-order valence-electron chi connectivity index (χ4n) is 1.55. The van der Waals surface area contributed by atoms with E-state index in [1.807, 2.05) is 0 Å². The van der Waals surface area contributed by atoms with Crippen molar-refractivity contribution in [2.24, 2.45) is 9.98 Å². The summed E-state index contributed by atoms with van der Waals surface area (Å²) in [5.41, 5.74) is 0.637. The van der Waals surface area contributed by atoms with Gasteiger partial charge in [-0.1, -0.05) is 6.58 Å². The van der Waals surface area contributed by atoms with Gasteiger partial charge in [-0.2, -0.15) is 0 Å². The molecule has 0 bridgehead atoms. The summed E-state index contributed by atoms with van der Waals surface area (Å²) in [6, 6.07) is 0. The second-order valence-corrected chi connectivity index (χ2v) is 3.89. The zero-order valence-corrected chi connectivity index (χ0v) is 9.82. The second kappa shape index (κ2) is 6.10. The van der Waals surface area contributed by atoms with Crippen LogP contribution in [0.3, 0.4) is 0 Å². The van der Waals surface area contributed by atoms with Crippen LogP contribution in [0.4, 0.5) is 0 Å². The van der Waals surface area contributed by atoms with Gasteiger partial charge in [-0.15, -0.1) is 0 Å². The zero-order valence-electron chi connectivity index (χ0n) is 9.82. The lowest BCUT2D eigenvalue weighted by Crippen LogP contribution is -2.34.